The molecule has 0 heterocycles. The van der Waals surface area contributed by atoms with Crippen molar-refractivity contribution in [3.63, 3.8) is 0 Å². The zero-order valence-corrected chi connectivity index (χ0v) is 10.1. The van der Waals surface area contributed by atoms with Gasteiger partial charge in [0.25, 0.3) is 0 Å². The fraction of sp³-hybridized carbons (Fsp3) is 0.455. The lowest BCUT2D eigenvalue weighted by atomic mass is 10.2. The van der Waals surface area contributed by atoms with E-state index in [9.17, 15) is 4.39 Å². The molecule has 0 spiro atoms. The third-order valence-electron chi connectivity index (χ3n) is 1.98. The molecule has 0 radical (unpaired) electrons. The van der Waals surface area contributed by atoms with E-state index in [4.69, 9.17) is 0 Å². The van der Waals surface area contributed by atoms with Gasteiger partial charge < -0.3 is 4.90 Å². The number of hydrogen-bond donors (Lipinski definition) is 0. The summed E-state index contributed by atoms with van der Waals surface area (Å²) in [4.78, 5) is 2.18. The molecule has 0 saturated carbocycles. The molecule has 78 valence electrons. The largest absolute Gasteiger partial charge is 0.302 e. The monoisotopic (exact) mass is 259 g/mol. The summed E-state index contributed by atoms with van der Waals surface area (Å²) in [5.41, 5.74) is 1.01. The molecule has 0 aliphatic carbocycles. The lowest BCUT2D eigenvalue weighted by Gasteiger charge is -2.15. The molecule has 0 fully saturated rings. The first-order valence-corrected chi connectivity index (χ1v) is 5.54. The Morgan fingerprint density at radius 1 is 1.36 bits per heavy atom. The van der Waals surface area contributed by atoms with Gasteiger partial charge in [0, 0.05) is 11.0 Å². The van der Waals surface area contributed by atoms with E-state index in [0.717, 1.165) is 29.5 Å². The number of benzene rings is 1. The predicted octanol–water partition coefficient (Wildman–Crippen LogP) is 3.43. The van der Waals surface area contributed by atoms with Crippen LogP contribution >= 0.6 is 15.9 Å². The Labute approximate surface area is 93.0 Å². The number of rotatable bonds is 4. The fourth-order valence-electron chi connectivity index (χ4n) is 1.47. The van der Waals surface area contributed by atoms with Crippen molar-refractivity contribution in [1.82, 2.24) is 4.90 Å². The summed E-state index contributed by atoms with van der Waals surface area (Å²) in [5.74, 6) is -0.181. The molecular weight excluding hydrogens is 245 g/mol. The maximum Gasteiger partial charge on any atom is 0.124 e. The van der Waals surface area contributed by atoms with E-state index >= 15 is 0 Å². The van der Waals surface area contributed by atoms with Crippen molar-refractivity contribution >= 4 is 15.9 Å². The van der Waals surface area contributed by atoms with E-state index in [-0.39, 0.29) is 5.82 Å². The van der Waals surface area contributed by atoms with Crippen LogP contribution in [0.3, 0.4) is 0 Å². The van der Waals surface area contributed by atoms with Gasteiger partial charge in [-0.3, -0.25) is 0 Å². The SMILES string of the molecule is CCCN(C)Cc1cc(F)cc(Br)c1. The Balaban J connectivity index is 2.66. The summed E-state index contributed by atoms with van der Waals surface area (Å²) < 4.78 is 13.8. The third-order valence-corrected chi connectivity index (χ3v) is 2.44. The molecule has 1 aromatic carbocycles. The van der Waals surface area contributed by atoms with Gasteiger partial charge in [-0.25, -0.2) is 4.39 Å². The highest BCUT2D eigenvalue weighted by Gasteiger charge is 2.02. The second kappa shape index (κ2) is 5.47. The Morgan fingerprint density at radius 3 is 2.64 bits per heavy atom. The van der Waals surface area contributed by atoms with Crippen molar-refractivity contribution in [3.8, 4) is 0 Å². The fourth-order valence-corrected chi connectivity index (χ4v) is 1.99. The minimum atomic E-state index is -0.181. The summed E-state index contributed by atoms with van der Waals surface area (Å²) in [5, 5.41) is 0. The molecule has 1 rings (SSSR count). The lowest BCUT2D eigenvalue weighted by molar-refractivity contribution is 0.327. The van der Waals surface area contributed by atoms with Crippen LogP contribution < -0.4 is 0 Å². The van der Waals surface area contributed by atoms with Crippen LogP contribution in [-0.2, 0) is 6.54 Å². The van der Waals surface area contributed by atoms with Crippen LogP contribution in [0.5, 0.6) is 0 Å². The molecule has 1 nitrogen and oxygen atoms in total. The van der Waals surface area contributed by atoms with Gasteiger partial charge >= 0.3 is 0 Å². The summed E-state index contributed by atoms with van der Waals surface area (Å²) in [7, 11) is 2.04. The second-order valence-electron chi connectivity index (χ2n) is 3.52. The molecule has 0 amide bonds. The minimum Gasteiger partial charge on any atom is -0.302 e. The molecule has 0 unspecified atom stereocenters. The van der Waals surface area contributed by atoms with Gasteiger partial charge in [0.1, 0.15) is 5.82 Å². The quantitative estimate of drug-likeness (QED) is 0.801. The predicted molar refractivity (Wildman–Crippen MR) is 60.7 cm³/mol. The maximum atomic E-state index is 13.0. The molecule has 0 aromatic heterocycles. The van der Waals surface area contributed by atoms with Crippen LogP contribution in [0.15, 0.2) is 22.7 Å². The van der Waals surface area contributed by atoms with E-state index < -0.39 is 0 Å². The van der Waals surface area contributed by atoms with Crippen molar-refractivity contribution in [3.05, 3.63) is 34.1 Å². The van der Waals surface area contributed by atoms with Crippen LogP contribution in [-0.4, -0.2) is 18.5 Å². The lowest BCUT2D eigenvalue weighted by Crippen LogP contribution is -2.18. The van der Waals surface area contributed by atoms with Crippen LogP contribution in [0.25, 0.3) is 0 Å². The van der Waals surface area contributed by atoms with Crippen molar-refractivity contribution in [2.45, 2.75) is 19.9 Å². The molecule has 1 aromatic rings. The normalized spacial score (nSPS) is 10.9. The van der Waals surface area contributed by atoms with Crippen LogP contribution in [0, 0.1) is 5.82 Å². The Morgan fingerprint density at radius 2 is 2.07 bits per heavy atom. The molecule has 0 N–H and O–H groups in total. The average Bonchev–Trinajstić information content (AvgIpc) is 2.01. The third kappa shape index (κ3) is 3.76. The summed E-state index contributed by atoms with van der Waals surface area (Å²) in [6.45, 7) is 3.97. The van der Waals surface area contributed by atoms with Crippen LogP contribution in [0.4, 0.5) is 4.39 Å². The first kappa shape index (κ1) is 11.7. The van der Waals surface area contributed by atoms with Gasteiger partial charge in [-0.05, 0) is 43.8 Å². The standard InChI is InChI=1S/C11H15BrFN/c1-3-4-14(2)8-9-5-10(12)7-11(13)6-9/h5-7H,3-4,8H2,1-2H3. The van der Waals surface area contributed by atoms with E-state index in [0.29, 0.717) is 0 Å². The minimum absolute atomic E-state index is 0.181. The molecule has 0 atom stereocenters. The summed E-state index contributed by atoms with van der Waals surface area (Å²) in [6, 6.07) is 5.01. The van der Waals surface area contributed by atoms with Crippen molar-refractivity contribution in [2.24, 2.45) is 0 Å². The smallest absolute Gasteiger partial charge is 0.124 e. The van der Waals surface area contributed by atoms with E-state index in [1.54, 1.807) is 6.07 Å². The highest BCUT2D eigenvalue weighted by molar-refractivity contribution is 9.10. The van der Waals surface area contributed by atoms with Crippen molar-refractivity contribution in [1.29, 1.82) is 0 Å². The molecule has 0 bridgehead atoms. The van der Waals surface area contributed by atoms with E-state index in [1.807, 2.05) is 13.1 Å². The van der Waals surface area contributed by atoms with Gasteiger partial charge in [-0.1, -0.05) is 22.9 Å². The first-order chi connectivity index (χ1) is 6.61. The average molecular weight is 260 g/mol. The van der Waals surface area contributed by atoms with Gasteiger partial charge in [-0.15, -0.1) is 0 Å². The highest BCUT2D eigenvalue weighted by atomic mass is 79.9. The van der Waals surface area contributed by atoms with Crippen LogP contribution in [0.1, 0.15) is 18.9 Å². The van der Waals surface area contributed by atoms with Crippen molar-refractivity contribution < 1.29 is 4.39 Å². The molecule has 0 aliphatic rings. The highest BCUT2D eigenvalue weighted by Crippen LogP contribution is 2.15. The Bertz CT molecular complexity index is 281. The second-order valence-corrected chi connectivity index (χ2v) is 4.43. The van der Waals surface area contributed by atoms with Gasteiger partial charge in [0.15, 0.2) is 0 Å². The molecule has 3 heteroatoms. The molecule has 0 saturated heterocycles. The number of hydrogen-bond acceptors (Lipinski definition) is 1. The van der Waals surface area contributed by atoms with Crippen LogP contribution in [0.2, 0.25) is 0 Å². The summed E-state index contributed by atoms with van der Waals surface area (Å²) in [6.07, 6.45) is 1.12. The first-order valence-electron chi connectivity index (χ1n) is 4.75. The summed E-state index contributed by atoms with van der Waals surface area (Å²) >= 11 is 3.28. The zero-order valence-electron chi connectivity index (χ0n) is 8.56. The van der Waals surface area contributed by atoms with Gasteiger partial charge in [0.2, 0.25) is 0 Å². The van der Waals surface area contributed by atoms with Gasteiger partial charge in [0.05, 0.1) is 0 Å². The number of nitrogens with zero attached hydrogens (tertiary/aromatic N) is 1. The van der Waals surface area contributed by atoms with E-state index in [1.165, 1.54) is 6.07 Å². The topological polar surface area (TPSA) is 3.24 Å². The molecule has 0 aliphatic heterocycles. The molecular formula is C11H15BrFN. The van der Waals surface area contributed by atoms with E-state index in [2.05, 4.69) is 27.8 Å². The Hall–Kier alpha value is -0.410. The maximum absolute atomic E-state index is 13.0. The van der Waals surface area contributed by atoms with Gasteiger partial charge in [-0.2, -0.15) is 0 Å². The number of halogens is 2. The molecule has 14 heavy (non-hydrogen) atoms. The Kier molecular flexibility index (Phi) is 4.55. The zero-order chi connectivity index (χ0) is 10.6. The van der Waals surface area contributed by atoms with Crippen molar-refractivity contribution in [2.75, 3.05) is 13.6 Å².